The lowest BCUT2D eigenvalue weighted by Gasteiger charge is -2.08. The van der Waals surface area contributed by atoms with Crippen molar-refractivity contribution in [2.24, 2.45) is 0 Å². The second kappa shape index (κ2) is 8.65. The lowest BCUT2D eigenvalue weighted by Crippen LogP contribution is -1.83. The minimum atomic E-state index is 0.929. The van der Waals surface area contributed by atoms with Gasteiger partial charge in [0.1, 0.15) is 11.2 Å². The molecule has 1 nitrogen and oxygen atoms in total. The average molecular weight is 572 g/mol. The van der Waals surface area contributed by atoms with Crippen LogP contribution in [0.2, 0.25) is 0 Å². The van der Waals surface area contributed by atoms with Gasteiger partial charge in [-0.2, -0.15) is 0 Å². The molecular formula is C34H21IO. The minimum Gasteiger partial charge on any atom is -0.456 e. The summed E-state index contributed by atoms with van der Waals surface area (Å²) in [5.74, 6) is 0. The molecular weight excluding hydrogens is 551 g/mol. The highest BCUT2D eigenvalue weighted by Crippen LogP contribution is 2.34. The zero-order valence-corrected chi connectivity index (χ0v) is 21.6. The number of fused-ring (bicyclic) bond motifs is 4. The Labute approximate surface area is 223 Å². The maximum atomic E-state index is 5.99. The molecule has 0 unspecified atom stereocenters. The highest BCUT2D eigenvalue weighted by Gasteiger charge is 2.09. The molecule has 0 saturated heterocycles. The van der Waals surface area contributed by atoms with Gasteiger partial charge in [0.05, 0.1) is 0 Å². The molecule has 2 heteroatoms. The standard InChI is InChI=1S/C34H21IO/c35-30-16-13-24(14-17-30)26-10-12-27-19-25(9-11-28(27)20-26)22-5-7-23(8-6-22)29-15-18-34-32(21-29)31-3-1-2-4-33(31)36-34/h1-21H. The number of hydrogen-bond acceptors (Lipinski definition) is 1. The van der Waals surface area contributed by atoms with E-state index in [0.717, 1.165) is 21.9 Å². The Morgan fingerprint density at radius 3 is 1.50 bits per heavy atom. The Bertz CT molecular complexity index is 1880. The van der Waals surface area contributed by atoms with Crippen LogP contribution in [0, 0.1) is 3.57 Å². The van der Waals surface area contributed by atoms with E-state index < -0.39 is 0 Å². The molecule has 0 aliphatic carbocycles. The lowest BCUT2D eigenvalue weighted by molar-refractivity contribution is 0.669. The summed E-state index contributed by atoms with van der Waals surface area (Å²) in [6.07, 6.45) is 0. The number of halogens is 1. The van der Waals surface area contributed by atoms with E-state index in [1.54, 1.807) is 0 Å². The summed E-state index contributed by atoms with van der Waals surface area (Å²) in [7, 11) is 0. The number of furan rings is 1. The van der Waals surface area contributed by atoms with Gasteiger partial charge < -0.3 is 4.42 Å². The van der Waals surface area contributed by atoms with Gasteiger partial charge in [0.25, 0.3) is 0 Å². The van der Waals surface area contributed by atoms with Crippen molar-refractivity contribution in [3.63, 3.8) is 0 Å². The maximum Gasteiger partial charge on any atom is 0.135 e. The molecule has 0 saturated carbocycles. The van der Waals surface area contributed by atoms with Crippen molar-refractivity contribution >= 4 is 55.3 Å². The van der Waals surface area contributed by atoms with Gasteiger partial charge in [-0.1, -0.05) is 84.9 Å². The summed E-state index contributed by atoms with van der Waals surface area (Å²) >= 11 is 2.35. The number of hydrogen-bond donors (Lipinski definition) is 0. The third-order valence-electron chi connectivity index (χ3n) is 6.95. The fourth-order valence-electron chi connectivity index (χ4n) is 5.01. The first-order valence-corrected chi connectivity index (χ1v) is 13.1. The van der Waals surface area contributed by atoms with E-state index >= 15 is 0 Å². The van der Waals surface area contributed by atoms with Gasteiger partial charge in [0.2, 0.25) is 0 Å². The van der Waals surface area contributed by atoms with Gasteiger partial charge >= 0.3 is 0 Å². The zero-order chi connectivity index (χ0) is 24.1. The van der Waals surface area contributed by atoms with Crippen molar-refractivity contribution in [1.29, 1.82) is 0 Å². The van der Waals surface area contributed by atoms with E-state index in [9.17, 15) is 0 Å². The monoisotopic (exact) mass is 572 g/mol. The molecule has 6 aromatic carbocycles. The third kappa shape index (κ3) is 3.78. The summed E-state index contributed by atoms with van der Waals surface area (Å²) in [4.78, 5) is 0. The third-order valence-corrected chi connectivity index (χ3v) is 7.67. The smallest absolute Gasteiger partial charge is 0.135 e. The van der Waals surface area contributed by atoms with Gasteiger partial charge in [-0.15, -0.1) is 0 Å². The Morgan fingerprint density at radius 1 is 0.389 bits per heavy atom. The van der Waals surface area contributed by atoms with Crippen LogP contribution in [-0.2, 0) is 0 Å². The predicted molar refractivity (Wildman–Crippen MR) is 160 cm³/mol. The average Bonchev–Trinajstić information content (AvgIpc) is 3.31. The number of rotatable bonds is 3. The Morgan fingerprint density at radius 2 is 0.861 bits per heavy atom. The van der Waals surface area contributed by atoms with E-state index in [4.69, 9.17) is 4.42 Å². The molecule has 0 aliphatic heterocycles. The van der Waals surface area contributed by atoms with Crippen molar-refractivity contribution in [3.05, 3.63) is 131 Å². The van der Waals surface area contributed by atoms with Crippen molar-refractivity contribution < 1.29 is 4.42 Å². The first-order chi connectivity index (χ1) is 17.7. The molecule has 1 heterocycles. The molecule has 0 N–H and O–H groups in total. The van der Waals surface area contributed by atoms with Crippen molar-refractivity contribution in [2.75, 3.05) is 0 Å². The van der Waals surface area contributed by atoms with Gasteiger partial charge in [-0.25, -0.2) is 0 Å². The van der Waals surface area contributed by atoms with Crippen LogP contribution in [0.5, 0.6) is 0 Å². The SMILES string of the molecule is Ic1ccc(-c2ccc3cc(-c4ccc(-c5ccc6oc7ccccc7c6c5)cc4)ccc3c2)cc1. The lowest BCUT2D eigenvalue weighted by atomic mass is 9.96. The zero-order valence-electron chi connectivity index (χ0n) is 19.4. The molecule has 170 valence electrons. The van der Waals surface area contributed by atoms with Crippen LogP contribution >= 0.6 is 22.6 Å². The van der Waals surface area contributed by atoms with Crippen LogP contribution in [0.15, 0.2) is 132 Å². The Hall–Kier alpha value is -3.89. The molecule has 7 aromatic rings. The quantitative estimate of drug-likeness (QED) is 0.192. The molecule has 7 rings (SSSR count). The van der Waals surface area contributed by atoms with Crippen molar-refractivity contribution in [2.45, 2.75) is 0 Å². The summed E-state index contributed by atoms with van der Waals surface area (Å²) < 4.78 is 7.25. The molecule has 1 aromatic heterocycles. The highest BCUT2D eigenvalue weighted by molar-refractivity contribution is 14.1. The fraction of sp³-hybridized carbons (Fsp3) is 0. The molecule has 36 heavy (non-hydrogen) atoms. The van der Waals surface area contributed by atoms with E-state index in [2.05, 4.69) is 138 Å². The maximum absolute atomic E-state index is 5.99. The first-order valence-electron chi connectivity index (χ1n) is 12.0. The highest BCUT2D eigenvalue weighted by atomic mass is 127. The molecule has 0 fully saturated rings. The second-order valence-electron chi connectivity index (χ2n) is 9.17. The number of benzene rings is 6. The largest absolute Gasteiger partial charge is 0.456 e. The van der Waals surface area contributed by atoms with E-state index in [-0.39, 0.29) is 0 Å². The summed E-state index contributed by atoms with van der Waals surface area (Å²) in [5, 5.41) is 4.83. The van der Waals surface area contributed by atoms with Crippen molar-refractivity contribution in [1.82, 2.24) is 0 Å². The summed E-state index contributed by atoms with van der Waals surface area (Å²) in [6.45, 7) is 0. The Kier molecular flexibility index (Phi) is 5.14. The minimum absolute atomic E-state index is 0.929. The molecule has 0 atom stereocenters. The topological polar surface area (TPSA) is 13.1 Å². The molecule has 0 radical (unpaired) electrons. The van der Waals surface area contributed by atoms with Gasteiger partial charge in [-0.3, -0.25) is 0 Å². The fourth-order valence-corrected chi connectivity index (χ4v) is 5.37. The van der Waals surface area contributed by atoms with Gasteiger partial charge in [0.15, 0.2) is 0 Å². The molecule has 0 amide bonds. The van der Waals surface area contributed by atoms with Crippen LogP contribution in [0.4, 0.5) is 0 Å². The van der Waals surface area contributed by atoms with Crippen LogP contribution < -0.4 is 0 Å². The van der Waals surface area contributed by atoms with E-state index in [0.29, 0.717) is 0 Å². The predicted octanol–water partition coefficient (Wildman–Crippen LogP) is 10.3. The molecule has 0 bridgehead atoms. The van der Waals surface area contributed by atoms with Crippen LogP contribution in [0.3, 0.4) is 0 Å². The molecule has 0 aliphatic rings. The second-order valence-corrected chi connectivity index (χ2v) is 10.4. The first kappa shape index (κ1) is 21.4. The normalized spacial score (nSPS) is 11.5. The van der Waals surface area contributed by atoms with E-state index in [1.165, 1.54) is 47.7 Å². The summed E-state index contributed by atoms with van der Waals surface area (Å²) in [6, 6.07) is 45.7. The van der Waals surface area contributed by atoms with E-state index in [1.807, 2.05) is 12.1 Å². The Balaban J connectivity index is 1.20. The van der Waals surface area contributed by atoms with Crippen molar-refractivity contribution in [3.8, 4) is 33.4 Å². The number of para-hydroxylation sites is 1. The van der Waals surface area contributed by atoms with Gasteiger partial charge in [-0.05, 0) is 109 Å². The van der Waals surface area contributed by atoms with Crippen LogP contribution in [-0.4, -0.2) is 0 Å². The molecule has 0 spiro atoms. The van der Waals surface area contributed by atoms with Crippen LogP contribution in [0.25, 0.3) is 66.1 Å². The summed E-state index contributed by atoms with van der Waals surface area (Å²) in [5.41, 5.74) is 9.21. The van der Waals surface area contributed by atoms with Gasteiger partial charge in [0, 0.05) is 14.3 Å². The van der Waals surface area contributed by atoms with Crippen LogP contribution in [0.1, 0.15) is 0 Å².